The van der Waals surface area contributed by atoms with Gasteiger partial charge in [-0.05, 0) is 86.8 Å². The molecule has 0 atom stereocenters. The van der Waals surface area contributed by atoms with Crippen molar-refractivity contribution in [1.29, 1.82) is 0 Å². The molecule has 202 valence electrons. The van der Waals surface area contributed by atoms with Gasteiger partial charge in [0.25, 0.3) is 5.91 Å². The highest BCUT2D eigenvalue weighted by Crippen LogP contribution is 2.24. The summed E-state index contributed by atoms with van der Waals surface area (Å²) in [7, 11) is -3.52. The number of rotatable bonds is 8. The lowest BCUT2D eigenvalue weighted by Crippen LogP contribution is -2.29. The van der Waals surface area contributed by atoms with Gasteiger partial charge in [-0.25, -0.2) is 18.2 Å². The lowest BCUT2D eigenvalue weighted by Gasteiger charge is -2.23. The van der Waals surface area contributed by atoms with E-state index >= 15 is 0 Å². The number of hydrogen-bond acceptors (Lipinski definition) is 4. The van der Waals surface area contributed by atoms with Crippen LogP contribution in [0.25, 0.3) is 5.69 Å². The van der Waals surface area contributed by atoms with Crippen LogP contribution < -0.4 is 9.73 Å². The van der Waals surface area contributed by atoms with E-state index in [0.29, 0.717) is 16.9 Å². The molecule has 0 aliphatic carbocycles. The van der Waals surface area contributed by atoms with Gasteiger partial charge in [0.2, 0.25) is 10.0 Å². The topological polar surface area (TPSA) is 83.8 Å². The highest BCUT2D eigenvalue weighted by atomic mass is 32.2. The Morgan fingerprint density at radius 3 is 2.31 bits per heavy atom. The Morgan fingerprint density at radius 2 is 1.67 bits per heavy atom. The van der Waals surface area contributed by atoms with Crippen LogP contribution in [0.4, 0.5) is 10.1 Å². The molecule has 7 nitrogen and oxygen atoms in total. The molecule has 0 aliphatic rings. The first kappa shape index (κ1) is 27.8. The van der Waals surface area contributed by atoms with Crippen LogP contribution in [0.2, 0.25) is 0 Å². The predicted molar refractivity (Wildman–Crippen MR) is 154 cm³/mol. The van der Waals surface area contributed by atoms with E-state index in [9.17, 15) is 17.6 Å². The molecule has 1 aromatic heterocycles. The minimum atomic E-state index is -3.52. The minimum Gasteiger partial charge on any atom is -0.315 e. The average molecular weight is 547 g/mol. The maximum atomic E-state index is 14.3. The van der Waals surface area contributed by atoms with E-state index in [1.807, 2.05) is 45.9 Å². The monoisotopic (exact) mass is 546 g/mol. The number of hydrazone groups is 1. The van der Waals surface area contributed by atoms with Crippen molar-refractivity contribution in [2.45, 2.75) is 34.2 Å². The molecule has 0 bridgehead atoms. The second-order valence-corrected chi connectivity index (χ2v) is 11.5. The van der Waals surface area contributed by atoms with Crippen molar-refractivity contribution in [3.05, 3.63) is 118 Å². The first-order chi connectivity index (χ1) is 18.5. The summed E-state index contributed by atoms with van der Waals surface area (Å²) in [4.78, 5) is 12.7. The zero-order valence-corrected chi connectivity index (χ0v) is 23.4. The number of aromatic nitrogens is 1. The van der Waals surface area contributed by atoms with Gasteiger partial charge in [0.1, 0.15) is 5.82 Å². The van der Waals surface area contributed by atoms with Gasteiger partial charge in [-0.1, -0.05) is 30.3 Å². The zero-order valence-electron chi connectivity index (χ0n) is 22.6. The minimum absolute atomic E-state index is 0.138. The fourth-order valence-electron chi connectivity index (χ4n) is 4.36. The highest BCUT2D eigenvalue weighted by Gasteiger charge is 2.19. The lowest BCUT2D eigenvalue weighted by molar-refractivity contribution is 0.0955. The van der Waals surface area contributed by atoms with Gasteiger partial charge in [0.05, 0.1) is 30.4 Å². The fraction of sp³-hybridized carbons (Fsp3) is 0.200. The SMILES string of the molecule is Cc1ccc(N(Cc2ccc(C(=O)N/N=C/c3cc(C)n(-c4ccccc4F)c3C)cc2)S(C)(=O)=O)cc1C. The summed E-state index contributed by atoms with van der Waals surface area (Å²) < 4.78 is 42.5. The summed E-state index contributed by atoms with van der Waals surface area (Å²) in [6.45, 7) is 7.79. The molecule has 1 N–H and O–H groups in total. The van der Waals surface area contributed by atoms with E-state index in [4.69, 9.17) is 0 Å². The Hall–Kier alpha value is -4.24. The molecule has 0 fully saturated rings. The van der Waals surface area contributed by atoms with Crippen molar-refractivity contribution in [3.63, 3.8) is 0 Å². The predicted octanol–water partition coefficient (Wildman–Crippen LogP) is 5.58. The standard InChI is InChI=1S/C30H31FN4O3S/c1-20-10-15-27(16-21(20)2)34(39(5,37)38)19-24-11-13-25(14-12-24)30(36)33-32-18-26-17-22(3)35(23(26)4)29-9-7-6-8-28(29)31/h6-18H,19H2,1-5H3,(H,33,36)/b32-18+. The van der Waals surface area contributed by atoms with Crippen LogP contribution in [0, 0.1) is 33.5 Å². The van der Waals surface area contributed by atoms with E-state index < -0.39 is 15.9 Å². The Bertz CT molecular complexity index is 1660. The molecule has 0 saturated carbocycles. The van der Waals surface area contributed by atoms with Crippen LogP contribution in [0.15, 0.2) is 77.9 Å². The highest BCUT2D eigenvalue weighted by molar-refractivity contribution is 7.92. The van der Waals surface area contributed by atoms with Crippen molar-refractivity contribution < 1.29 is 17.6 Å². The summed E-state index contributed by atoms with van der Waals surface area (Å²) in [6, 6.07) is 20.7. The Morgan fingerprint density at radius 1 is 0.974 bits per heavy atom. The molecule has 0 radical (unpaired) electrons. The third kappa shape index (κ3) is 6.26. The molecule has 4 rings (SSSR count). The third-order valence-corrected chi connectivity index (χ3v) is 7.80. The van der Waals surface area contributed by atoms with Crippen molar-refractivity contribution >= 4 is 27.8 Å². The number of benzene rings is 3. The molecule has 0 unspecified atom stereocenters. The normalized spacial score (nSPS) is 11.6. The number of carbonyl (C=O) groups is 1. The van der Waals surface area contributed by atoms with E-state index in [1.54, 1.807) is 53.1 Å². The van der Waals surface area contributed by atoms with E-state index in [0.717, 1.165) is 33.6 Å². The number of carbonyl (C=O) groups excluding carboxylic acids is 1. The van der Waals surface area contributed by atoms with Crippen LogP contribution in [-0.2, 0) is 16.6 Å². The van der Waals surface area contributed by atoms with Crippen LogP contribution in [0.1, 0.15) is 44.0 Å². The van der Waals surface area contributed by atoms with Crippen molar-refractivity contribution in [2.24, 2.45) is 5.10 Å². The Balaban J connectivity index is 1.45. The van der Waals surface area contributed by atoms with Gasteiger partial charge < -0.3 is 4.57 Å². The number of anilines is 1. The first-order valence-corrected chi connectivity index (χ1v) is 14.2. The van der Waals surface area contributed by atoms with Gasteiger partial charge in [0, 0.05) is 22.5 Å². The van der Waals surface area contributed by atoms with Gasteiger partial charge >= 0.3 is 0 Å². The molecule has 3 aromatic carbocycles. The number of para-hydroxylation sites is 1. The zero-order chi connectivity index (χ0) is 28.3. The third-order valence-electron chi connectivity index (χ3n) is 6.65. The summed E-state index contributed by atoms with van der Waals surface area (Å²) in [5.74, 6) is -0.733. The van der Waals surface area contributed by atoms with E-state index in [2.05, 4.69) is 10.5 Å². The van der Waals surface area contributed by atoms with Gasteiger partial charge in [-0.15, -0.1) is 0 Å². The molecule has 0 aliphatic heterocycles. The van der Waals surface area contributed by atoms with Crippen LogP contribution >= 0.6 is 0 Å². The van der Waals surface area contributed by atoms with Gasteiger partial charge in [-0.2, -0.15) is 5.10 Å². The number of nitrogens with zero attached hydrogens (tertiary/aromatic N) is 3. The molecule has 39 heavy (non-hydrogen) atoms. The van der Waals surface area contributed by atoms with Gasteiger partial charge in [0.15, 0.2) is 0 Å². The van der Waals surface area contributed by atoms with E-state index in [1.165, 1.54) is 22.8 Å². The maximum Gasteiger partial charge on any atom is 0.271 e. The second kappa shape index (κ2) is 11.2. The average Bonchev–Trinajstić information content (AvgIpc) is 3.16. The van der Waals surface area contributed by atoms with Crippen LogP contribution in [-0.4, -0.2) is 31.4 Å². The van der Waals surface area contributed by atoms with Crippen molar-refractivity contribution in [2.75, 3.05) is 10.6 Å². The number of halogens is 1. The van der Waals surface area contributed by atoms with Crippen LogP contribution in [0.3, 0.4) is 0 Å². The Labute approximate surface area is 228 Å². The molecule has 1 amide bonds. The quantitative estimate of drug-likeness (QED) is 0.231. The largest absolute Gasteiger partial charge is 0.315 e. The van der Waals surface area contributed by atoms with Crippen LogP contribution in [0.5, 0.6) is 0 Å². The summed E-state index contributed by atoms with van der Waals surface area (Å²) >= 11 is 0. The lowest BCUT2D eigenvalue weighted by atomic mass is 10.1. The number of hydrogen-bond donors (Lipinski definition) is 1. The van der Waals surface area contributed by atoms with Gasteiger partial charge in [-0.3, -0.25) is 9.10 Å². The number of aryl methyl sites for hydroxylation is 3. The smallest absolute Gasteiger partial charge is 0.271 e. The summed E-state index contributed by atoms with van der Waals surface area (Å²) in [5.41, 5.74) is 9.13. The molecule has 4 aromatic rings. The molecule has 0 spiro atoms. The molecular formula is C30H31FN4O3S. The number of sulfonamides is 1. The Kier molecular flexibility index (Phi) is 8.01. The second-order valence-electron chi connectivity index (χ2n) is 9.55. The fourth-order valence-corrected chi connectivity index (χ4v) is 5.24. The molecule has 1 heterocycles. The van der Waals surface area contributed by atoms with Crippen molar-refractivity contribution in [1.82, 2.24) is 9.99 Å². The van der Waals surface area contributed by atoms with E-state index in [-0.39, 0.29) is 12.4 Å². The van der Waals surface area contributed by atoms with Crippen molar-refractivity contribution in [3.8, 4) is 5.69 Å². The molecular weight excluding hydrogens is 515 g/mol. The maximum absolute atomic E-state index is 14.3. The molecule has 9 heteroatoms. The first-order valence-electron chi connectivity index (χ1n) is 12.4. The number of nitrogens with one attached hydrogen (secondary N) is 1. The molecule has 0 saturated heterocycles. The number of amides is 1. The summed E-state index contributed by atoms with van der Waals surface area (Å²) in [5, 5.41) is 4.09. The summed E-state index contributed by atoms with van der Waals surface area (Å²) in [6.07, 6.45) is 2.70.